The maximum atomic E-state index is 3.78. The van der Waals surface area contributed by atoms with Crippen molar-refractivity contribution in [1.82, 2.24) is 10.2 Å². The summed E-state index contributed by atoms with van der Waals surface area (Å²) in [5.74, 6) is 0.871. The molecule has 0 radical (unpaired) electrons. The third-order valence-electron chi connectivity index (χ3n) is 3.25. The number of hydrogen-bond acceptors (Lipinski definition) is 2. The molecule has 0 amide bonds. The predicted molar refractivity (Wildman–Crippen MR) is 62.5 cm³/mol. The van der Waals surface area contributed by atoms with Crippen LogP contribution in [0.5, 0.6) is 0 Å². The maximum Gasteiger partial charge on any atom is 0.0160 e. The van der Waals surface area contributed by atoms with Crippen molar-refractivity contribution >= 4 is 0 Å². The van der Waals surface area contributed by atoms with Crippen LogP contribution < -0.4 is 5.32 Å². The molecule has 1 aliphatic heterocycles. The molecule has 14 heavy (non-hydrogen) atoms. The van der Waals surface area contributed by atoms with Crippen LogP contribution in [0.1, 0.15) is 26.7 Å². The molecule has 0 aliphatic carbocycles. The van der Waals surface area contributed by atoms with Crippen LogP contribution in [0.3, 0.4) is 0 Å². The lowest BCUT2D eigenvalue weighted by Crippen LogP contribution is -2.41. The molecule has 0 aromatic rings. The Morgan fingerprint density at radius 1 is 1.50 bits per heavy atom. The van der Waals surface area contributed by atoms with E-state index in [1.165, 1.54) is 25.9 Å². The van der Waals surface area contributed by atoms with Gasteiger partial charge in [-0.05, 0) is 45.3 Å². The Bertz CT molecular complexity index is 160. The summed E-state index contributed by atoms with van der Waals surface area (Å²) in [5, 5.41) is 3.52. The molecule has 2 heteroatoms. The molecule has 0 bridgehead atoms. The fraction of sp³-hybridized carbons (Fsp3) is 0.833. The minimum absolute atomic E-state index is 0.686. The lowest BCUT2D eigenvalue weighted by atomic mass is 9.90. The molecule has 1 rings (SSSR count). The van der Waals surface area contributed by atoms with Crippen LogP contribution in [0.2, 0.25) is 0 Å². The van der Waals surface area contributed by atoms with Crippen molar-refractivity contribution in [2.24, 2.45) is 5.92 Å². The Labute approximate surface area is 88.4 Å². The summed E-state index contributed by atoms with van der Waals surface area (Å²) in [6.45, 7) is 12.9. The van der Waals surface area contributed by atoms with E-state index in [1.807, 2.05) is 6.08 Å². The molecule has 1 atom stereocenters. The molecule has 2 nitrogen and oxygen atoms in total. The van der Waals surface area contributed by atoms with E-state index >= 15 is 0 Å². The van der Waals surface area contributed by atoms with Crippen LogP contribution in [-0.2, 0) is 0 Å². The van der Waals surface area contributed by atoms with Crippen LogP contribution >= 0.6 is 0 Å². The topological polar surface area (TPSA) is 15.3 Å². The summed E-state index contributed by atoms with van der Waals surface area (Å²) in [6, 6.07) is 0.686. The number of likely N-dealkylation sites (tertiary alicyclic amines) is 1. The first-order chi connectivity index (χ1) is 6.77. The molecule has 0 saturated carbocycles. The van der Waals surface area contributed by atoms with Crippen LogP contribution in [-0.4, -0.2) is 37.1 Å². The maximum absolute atomic E-state index is 3.78. The van der Waals surface area contributed by atoms with Gasteiger partial charge >= 0.3 is 0 Å². The molecule has 82 valence electrons. The van der Waals surface area contributed by atoms with Crippen LogP contribution in [0.4, 0.5) is 0 Å². The van der Waals surface area contributed by atoms with Crippen LogP contribution in [0.15, 0.2) is 12.7 Å². The number of nitrogens with one attached hydrogen (secondary N) is 1. The van der Waals surface area contributed by atoms with Gasteiger partial charge in [-0.1, -0.05) is 13.0 Å². The van der Waals surface area contributed by atoms with Gasteiger partial charge in [-0.15, -0.1) is 6.58 Å². The molecular formula is C12H24N2. The fourth-order valence-corrected chi connectivity index (χ4v) is 2.31. The summed E-state index contributed by atoms with van der Waals surface area (Å²) in [6.07, 6.45) is 4.68. The molecule has 0 aromatic carbocycles. The summed E-state index contributed by atoms with van der Waals surface area (Å²) >= 11 is 0. The fourth-order valence-electron chi connectivity index (χ4n) is 2.31. The quantitative estimate of drug-likeness (QED) is 0.675. The van der Waals surface area contributed by atoms with Gasteiger partial charge in [0, 0.05) is 12.6 Å². The van der Waals surface area contributed by atoms with E-state index in [4.69, 9.17) is 0 Å². The first kappa shape index (κ1) is 11.7. The minimum atomic E-state index is 0.686. The monoisotopic (exact) mass is 196 g/mol. The Kier molecular flexibility index (Phi) is 5.20. The third-order valence-corrected chi connectivity index (χ3v) is 3.25. The molecule has 1 N–H and O–H groups in total. The number of hydrogen-bond donors (Lipinski definition) is 1. The standard InChI is InChI=1S/C12H24N2/c1-4-8-14-9-6-12(7-10-14)11(3)13-5-2/h4,11-13H,1,5-10H2,2-3H3. The normalized spacial score (nSPS) is 22.1. The van der Waals surface area contributed by atoms with Gasteiger partial charge in [-0.3, -0.25) is 4.90 Å². The second-order valence-electron chi connectivity index (χ2n) is 4.27. The van der Waals surface area contributed by atoms with Gasteiger partial charge < -0.3 is 5.32 Å². The van der Waals surface area contributed by atoms with Crippen molar-refractivity contribution in [2.75, 3.05) is 26.2 Å². The van der Waals surface area contributed by atoms with Gasteiger partial charge in [0.05, 0.1) is 0 Å². The van der Waals surface area contributed by atoms with E-state index in [9.17, 15) is 0 Å². The van der Waals surface area contributed by atoms with Crippen LogP contribution in [0.25, 0.3) is 0 Å². The van der Waals surface area contributed by atoms with Crippen molar-refractivity contribution < 1.29 is 0 Å². The summed E-state index contributed by atoms with van der Waals surface area (Å²) in [4.78, 5) is 2.49. The average Bonchev–Trinajstić information content (AvgIpc) is 2.20. The smallest absolute Gasteiger partial charge is 0.0160 e. The number of piperidine rings is 1. The molecule has 1 aliphatic rings. The first-order valence-corrected chi connectivity index (χ1v) is 5.84. The Morgan fingerprint density at radius 3 is 2.64 bits per heavy atom. The molecule has 1 heterocycles. The van der Waals surface area contributed by atoms with Gasteiger partial charge in [0.25, 0.3) is 0 Å². The summed E-state index contributed by atoms with van der Waals surface area (Å²) < 4.78 is 0. The second-order valence-corrected chi connectivity index (χ2v) is 4.27. The van der Waals surface area contributed by atoms with Crippen molar-refractivity contribution in [1.29, 1.82) is 0 Å². The Balaban J connectivity index is 2.24. The van der Waals surface area contributed by atoms with Gasteiger partial charge in [-0.2, -0.15) is 0 Å². The number of nitrogens with zero attached hydrogens (tertiary/aromatic N) is 1. The minimum Gasteiger partial charge on any atom is -0.314 e. The van der Waals surface area contributed by atoms with Gasteiger partial charge in [-0.25, -0.2) is 0 Å². The average molecular weight is 196 g/mol. The van der Waals surface area contributed by atoms with E-state index in [2.05, 4.69) is 30.6 Å². The predicted octanol–water partition coefficient (Wildman–Crippen LogP) is 1.88. The van der Waals surface area contributed by atoms with Gasteiger partial charge in [0.1, 0.15) is 0 Å². The van der Waals surface area contributed by atoms with Crippen molar-refractivity contribution in [2.45, 2.75) is 32.7 Å². The highest BCUT2D eigenvalue weighted by Crippen LogP contribution is 2.20. The molecular weight excluding hydrogens is 172 g/mol. The van der Waals surface area contributed by atoms with Crippen LogP contribution in [0, 0.1) is 5.92 Å². The third kappa shape index (κ3) is 3.43. The Morgan fingerprint density at radius 2 is 2.14 bits per heavy atom. The highest BCUT2D eigenvalue weighted by molar-refractivity contribution is 4.82. The number of rotatable bonds is 5. The lowest BCUT2D eigenvalue weighted by Gasteiger charge is -2.34. The zero-order chi connectivity index (χ0) is 10.4. The van der Waals surface area contributed by atoms with Gasteiger partial charge in [0.2, 0.25) is 0 Å². The largest absolute Gasteiger partial charge is 0.314 e. The SMILES string of the molecule is C=CCN1CCC(C(C)NCC)CC1. The summed E-state index contributed by atoms with van der Waals surface area (Å²) in [5.41, 5.74) is 0. The highest BCUT2D eigenvalue weighted by atomic mass is 15.1. The van der Waals surface area contributed by atoms with Crippen molar-refractivity contribution in [3.63, 3.8) is 0 Å². The molecule has 0 aromatic heterocycles. The second kappa shape index (κ2) is 6.20. The molecule has 1 fully saturated rings. The van der Waals surface area contributed by atoms with E-state index in [0.717, 1.165) is 19.0 Å². The zero-order valence-electron chi connectivity index (χ0n) is 9.63. The van der Waals surface area contributed by atoms with E-state index in [-0.39, 0.29) is 0 Å². The van der Waals surface area contributed by atoms with Crippen molar-refractivity contribution in [3.8, 4) is 0 Å². The summed E-state index contributed by atoms with van der Waals surface area (Å²) in [7, 11) is 0. The lowest BCUT2D eigenvalue weighted by molar-refractivity contribution is 0.176. The van der Waals surface area contributed by atoms with E-state index in [1.54, 1.807) is 0 Å². The first-order valence-electron chi connectivity index (χ1n) is 5.84. The van der Waals surface area contributed by atoms with E-state index < -0.39 is 0 Å². The molecule has 0 spiro atoms. The molecule has 1 saturated heterocycles. The zero-order valence-corrected chi connectivity index (χ0v) is 9.63. The Hall–Kier alpha value is -0.340. The molecule has 1 unspecified atom stereocenters. The van der Waals surface area contributed by atoms with E-state index in [0.29, 0.717) is 6.04 Å². The highest BCUT2D eigenvalue weighted by Gasteiger charge is 2.22. The van der Waals surface area contributed by atoms with Gasteiger partial charge in [0.15, 0.2) is 0 Å². The van der Waals surface area contributed by atoms with Crippen molar-refractivity contribution in [3.05, 3.63) is 12.7 Å².